The molecule has 0 radical (unpaired) electrons. The second-order valence-corrected chi connectivity index (χ2v) is 7.63. The highest BCUT2D eigenvalue weighted by molar-refractivity contribution is 5.93. The fourth-order valence-electron chi connectivity index (χ4n) is 3.46. The molecule has 4 aromatic rings. The second kappa shape index (κ2) is 10.1. The Hall–Kier alpha value is -4.27. The van der Waals surface area contributed by atoms with Gasteiger partial charge in [-0.3, -0.25) is 14.3 Å². The summed E-state index contributed by atoms with van der Waals surface area (Å²) in [5.41, 5.74) is 1.86. The largest absolute Gasteiger partial charge is 0.494 e. The molecule has 1 N–H and O–H groups in total. The van der Waals surface area contributed by atoms with E-state index in [-0.39, 0.29) is 29.0 Å². The lowest BCUT2D eigenvalue weighted by Crippen LogP contribution is -2.23. The van der Waals surface area contributed by atoms with E-state index in [1.165, 1.54) is 25.4 Å². The molecule has 0 saturated carbocycles. The van der Waals surface area contributed by atoms with Crippen molar-refractivity contribution in [2.24, 2.45) is 0 Å². The molecule has 0 atom stereocenters. The molecule has 0 fully saturated rings. The molecule has 1 amide bonds. The summed E-state index contributed by atoms with van der Waals surface area (Å²) in [7, 11) is 1.28. The van der Waals surface area contributed by atoms with Gasteiger partial charge < -0.3 is 14.6 Å². The van der Waals surface area contributed by atoms with Crippen LogP contribution < -0.4 is 15.6 Å². The van der Waals surface area contributed by atoms with E-state index in [4.69, 9.17) is 4.74 Å². The minimum absolute atomic E-state index is 0.0641. The summed E-state index contributed by atoms with van der Waals surface area (Å²) < 4.78 is 36.3. The maximum absolute atomic E-state index is 14.3. The number of hydrogen-bond acceptors (Lipinski definition) is 4. The molecule has 0 aliphatic heterocycles. The Morgan fingerprint density at radius 1 is 1.03 bits per heavy atom. The van der Waals surface area contributed by atoms with Gasteiger partial charge in [0.1, 0.15) is 5.82 Å². The zero-order valence-electron chi connectivity index (χ0n) is 18.4. The lowest BCUT2D eigenvalue weighted by molar-refractivity contribution is 0.0950. The van der Waals surface area contributed by atoms with Crippen LogP contribution in [0.25, 0.3) is 0 Å². The number of nitrogens with zero attached hydrogens (tertiary/aromatic N) is 3. The molecule has 2 heterocycles. The van der Waals surface area contributed by atoms with Crippen LogP contribution in [0, 0.1) is 11.6 Å². The van der Waals surface area contributed by atoms with Gasteiger partial charge in [0.05, 0.1) is 32.0 Å². The average Bonchev–Trinajstić information content (AvgIpc) is 3.30. The molecule has 34 heavy (non-hydrogen) atoms. The Kier molecular flexibility index (Phi) is 6.82. The van der Waals surface area contributed by atoms with Crippen molar-refractivity contribution in [3.8, 4) is 5.75 Å². The number of carbonyl (C=O) groups excluding carboxylic acids is 1. The molecule has 174 valence electrons. The molecule has 0 unspecified atom stereocenters. The van der Waals surface area contributed by atoms with Crippen LogP contribution in [0.4, 0.5) is 8.78 Å². The number of benzene rings is 2. The van der Waals surface area contributed by atoms with E-state index in [1.54, 1.807) is 27.7 Å². The zero-order chi connectivity index (χ0) is 24.1. The monoisotopic (exact) mass is 464 g/mol. The van der Waals surface area contributed by atoms with Crippen molar-refractivity contribution in [3.63, 3.8) is 0 Å². The minimum Gasteiger partial charge on any atom is -0.494 e. The van der Waals surface area contributed by atoms with Gasteiger partial charge in [0.15, 0.2) is 11.6 Å². The third kappa shape index (κ3) is 5.20. The molecule has 0 spiro atoms. The maximum Gasteiger partial charge on any atom is 0.254 e. The number of rotatable bonds is 8. The molecule has 0 saturated heterocycles. The van der Waals surface area contributed by atoms with Gasteiger partial charge in [-0.15, -0.1) is 0 Å². The first-order chi connectivity index (χ1) is 16.4. The SMILES string of the molecule is COc1ccc(F)c(CNC(=O)c2cnn(Cc3ccc(Cn4ccccc4=O)cc3)c2)c1F. The Labute approximate surface area is 194 Å². The molecular weight excluding hydrogens is 442 g/mol. The number of aromatic nitrogens is 3. The molecule has 2 aromatic heterocycles. The van der Waals surface area contributed by atoms with Crippen LogP contribution in [0.1, 0.15) is 27.0 Å². The van der Waals surface area contributed by atoms with Crippen molar-refractivity contribution in [1.82, 2.24) is 19.7 Å². The number of halogens is 2. The van der Waals surface area contributed by atoms with Gasteiger partial charge in [0.25, 0.3) is 11.5 Å². The number of ether oxygens (including phenoxy) is 1. The van der Waals surface area contributed by atoms with Crippen LogP contribution in [0.5, 0.6) is 5.75 Å². The average molecular weight is 464 g/mol. The molecule has 7 nitrogen and oxygen atoms in total. The highest BCUT2D eigenvalue weighted by atomic mass is 19.1. The van der Waals surface area contributed by atoms with Gasteiger partial charge in [-0.05, 0) is 29.3 Å². The van der Waals surface area contributed by atoms with Crippen molar-refractivity contribution in [2.75, 3.05) is 7.11 Å². The van der Waals surface area contributed by atoms with Crippen LogP contribution in [-0.4, -0.2) is 27.4 Å². The predicted octanol–water partition coefficient (Wildman–Crippen LogP) is 3.36. The van der Waals surface area contributed by atoms with Gasteiger partial charge in [-0.1, -0.05) is 30.3 Å². The third-order valence-electron chi connectivity index (χ3n) is 5.31. The smallest absolute Gasteiger partial charge is 0.254 e. The van der Waals surface area contributed by atoms with Crippen LogP contribution in [-0.2, 0) is 19.6 Å². The predicted molar refractivity (Wildman–Crippen MR) is 122 cm³/mol. The first kappa shape index (κ1) is 22.9. The van der Waals surface area contributed by atoms with Crippen LogP contribution in [0.3, 0.4) is 0 Å². The van der Waals surface area contributed by atoms with Gasteiger partial charge >= 0.3 is 0 Å². The summed E-state index contributed by atoms with van der Waals surface area (Å²) in [6, 6.07) is 15.0. The van der Waals surface area contributed by atoms with E-state index < -0.39 is 17.5 Å². The lowest BCUT2D eigenvalue weighted by Gasteiger charge is -2.09. The van der Waals surface area contributed by atoms with E-state index in [0.717, 1.165) is 17.2 Å². The Bertz CT molecular complexity index is 1360. The van der Waals surface area contributed by atoms with Gasteiger partial charge in [0.2, 0.25) is 0 Å². The molecule has 0 aliphatic rings. The summed E-state index contributed by atoms with van der Waals surface area (Å²) in [4.78, 5) is 24.3. The summed E-state index contributed by atoms with van der Waals surface area (Å²) >= 11 is 0. The van der Waals surface area contributed by atoms with E-state index in [2.05, 4.69) is 10.4 Å². The van der Waals surface area contributed by atoms with E-state index in [0.29, 0.717) is 13.1 Å². The summed E-state index contributed by atoms with van der Waals surface area (Å²) in [6.07, 6.45) is 4.69. The molecular formula is C25H22F2N4O3. The summed E-state index contributed by atoms with van der Waals surface area (Å²) in [6.45, 7) is 0.573. The molecule has 0 aliphatic carbocycles. The van der Waals surface area contributed by atoms with Crippen LogP contribution >= 0.6 is 0 Å². The molecule has 9 heteroatoms. The van der Waals surface area contributed by atoms with Gasteiger partial charge in [-0.25, -0.2) is 8.78 Å². The van der Waals surface area contributed by atoms with E-state index >= 15 is 0 Å². The Balaban J connectivity index is 1.37. The standard InChI is InChI=1S/C25H22F2N4O3/c1-34-22-10-9-21(26)20(24(22)27)13-28-25(33)19-12-29-31(16-19)15-18-7-5-17(6-8-18)14-30-11-3-2-4-23(30)32/h2-12,16H,13-15H2,1H3,(H,28,33). The number of methoxy groups -OCH3 is 1. The first-order valence-electron chi connectivity index (χ1n) is 10.5. The van der Waals surface area contributed by atoms with Crippen molar-refractivity contribution in [1.29, 1.82) is 0 Å². The maximum atomic E-state index is 14.3. The second-order valence-electron chi connectivity index (χ2n) is 7.63. The number of hydrogen-bond donors (Lipinski definition) is 1. The van der Waals surface area contributed by atoms with Crippen molar-refractivity contribution in [2.45, 2.75) is 19.6 Å². The number of carbonyl (C=O) groups is 1. The number of amides is 1. The Morgan fingerprint density at radius 3 is 2.47 bits per heavy atom. The molecule has 2 aromatic carbocycles. The van der Waals surface area contributed by atoms with Crippen molar-refractivity contribution in [3.05, 3.63) is 117 Å². The van der Waals surface area contributed by atoms with Crippen molar-refractivity contribution >= 4 is 5.91 Å². The van der Waals surface area contributed by atoms with Crippen LogP contribution in [0.15, 0.2) is 78.0 Å². The zero-order valence-corrected chi connectivity index (χ0v) is 18.4. The van der Waals surface area contributed by atoms with E-state index in [1.807, 2.05) is 30.3 Å². The van der Waals surface area contributed by atoms with E-state index in [9.17, 15) is 18.4 Å². The fraction of sp³-hybridized carbons (Fsp3) is 0.160. The van der Waals surface area contributed by atoms with Crippen molar-refractivity contribution < 1.29 is 18.3 Å². The van der Waals surface area contributed by atoms with Crippen LogP contribution in [0.2, 0.25) is 0 Å². The van der Waals surface area contributed by atoms with Gasteiger partial charge in [0, 0.05) is 30.6 Å². The topological polar surface area (TPSA) is 78.2 Å². The van der Waals surface area contributed by atoms with Gasteiger partial charge in [-0.2, -0.15) is 5.10 Å². The Morgan fingerprint density at radius 2 is 1.76 bits per heavy atom. The highest BCUT2D eigenvalue weighted by Crippen LogP contribution is 2.22. The third-order valence-corrected chi connectivity index (χ3v) is 5.31. The lowest BCUT2D eigenvalue weighted by atomic mass is 10.1. The molecule has 4 rings (SSSR count). The quantitative estimate of drug-likeness (QED) is 0.434. The number of nitrogens with one attached hydrogen (secondary N) is 1. The fourth-order valence-corrected chi connectivity index (χ4v) is 3.46. The summed E-state index contributed by atoms with van der Waals surface area (Å²) in [5.74, 6) is -2.22. The normalized spacial score (nSPS) is 10.8. The highest BCUT2D eigenvalue weighted by Gasteiger charge is 2.16. The minimum atomic E-state index is -0.848. The summed E-state index contributed by atoms with van der Waals surface area (Å²) in [5, 5.41) is 6.70. The number of pyridine rings is 1. The first-order valence-corrected chi connectivity index (χ1v) is 10.5. The molecule has 0 bridgehead atoms.